The van der Waals surface area contributed by atoms with E-state index in [1.165, 1.54) is 24.3 Å². The predicted molar refractivity (Wildman–Crippen MR) is 153 cm³/mol. The molecule has 1 aromatic heterocycles. The van der Waals surface area contributed by atoms with Crippen LogP contribution < -0.4 is 21.4 Å². The first-order chi connectivity index (χ1) is 22.0. The Morgan fingerprint density at radius 3 is 1.96 bits per heavy atom. The van der Waals surface area contributed by atoms with Crippen molar-refractivity contribution < 1.29 is 13.2 Å². The van der Waals surface area contributed by atoms with Crippen molar-refractivity contribution in [3.05, 3.63) is 127 Å². The van der Waals surface area contributed by atoms with Crippen LogP contribution in [0.25, 0.3) is 33.2 Å². The van der Waals surface area contributed by atoms with Crippen LogP contribution in [0, 0.1) is 54.4 Å². The van der Waals surface area contributed by atoms with Gasteiger partial charge in [-0.1, -0.05) is 12.1 Å². The number of halogens is 3. The second-order valence-corrected chi connectivity index (χ2v) is 9.93. The molecule has 6 rings (SSSR count). The van der Waals surface area contributed by atoms with Gasteiger partial charge in [0.1, 0.15) is 23.1 Å². The molecule has 0 radical (unpaired) electrons. The van der Waals surface area contributed by atoms with Crippen LogP contribution in [0.15, 0.2) is 85.8 Å². The topological polar surface area (TPSA) is 164 Å². The zero-order valence-electron chi connectivity index (χ0n) is 23.7. The Bertz CT molecular complexity index is 2460. The SMILES string of the molecule is [C-]#[N+]/C(C#N)=C1\N=c2ccc(-c3nc(C(C#N)=C4N=c5cc(C)c(C)cc5=N4)nc(-c4ccc(C(F)(F)F)cc4)n3)c(C#N)c2=N1. The summed E-state index contributed by atoms with van der Waals surface area (Å²) in [5, 5.41) is 31.1. The molecule has 0 aliphatic carbocycles. The lowest BCUT2D eigenvalue weighted by atomic mass is 10.1. The number of fused-ring (bicyclic) bond motifs is 2. The summed E-state index contributed by atoms with van der Waals surface area (Å²) in [6.45, 7) is 11.0. The van der Waals surface area contributed by atoms with Gasteiger partial charge in [-0.25, -0.2) is 45.0 Å². The van der Waals surface area contributed by atoms with Crippen LogP contribution in [0.4, 0.5) is 13.2 Å². The maximum absolute atomic E-state index is 13.3. The molecule has 11 nitrogen and oxygen atoms in total. The Morgan fingerprint density at radius 2 is 1.39 bits per heavy atom. The monoisotopic (exact) mass is 609 g/mol. The summed E-state index contributed by atoms with van der Waals surface area (Å²) in [7, 11) is 0. The third kappa shape index (κ3) is 5.02. The Hall–Kier alpha value is -6.90. The molecule has 218 valence electrons. The molecule has 46 heavy (non-hydrogen) atoms. The van der Waals surface area contributed by atoms with E-state index in [9.17, 15) is 29.0 Å². The van der Waals surface area contributed by atoms with Crippen LogP contribution in [-0.4, -0.2) is 15.0 Å². The zero-order chi connectivity index (χ0) is 32.7. The number of hydrogen-bond donors (Lipinski definition) is 0. The van der Waals surface area contributed by atoms with Gasteiger partial charge in [0.15, 0.2) is 29.1 Å². The van der Waals surface area contributed by atoms with Gasteiger partial charge in [0.2, 0.25) is 0 Å². The minimum Gasteiger partial charge on any atom is -0.238 e. The maximum Gasteiger partial charge on any atom is 0.416 e. The number of nitrogens with zero attached hydrogens (tertiary/aromatic N) is 11. The lowest BCUT2D eigenvalue weighted by Crippen LogP contribution is -2.25. The van der Waals surface area contributed by atoms with Crippen LogP contribution in [0.3, 0.4) is 0 Å². The molecule has 0 amide bonds. The average Bonchev–Trinajstić information content (AvgIpc) is 3.65. The highest BCUT2D eigenvalue weighted by Gasteiger charge is 2.30. The molecule has 0 saturated carbocycles. The number of alkyl halides is 3. The lowest BCUT2D eigenvalue weighted by molar-refractivity contribution is -0.137. The fraction of sp³-hybridized carbons (Fsp3) is 0.0938. The molecule has 0 atom stereocenters. The summed E-state index contributed by atoms with van der Waals surface area (Å²) in [6, 6.07) is 16.5. The molecule has 2 aliphatic rings. The molecule has 3 heterocycles. The second-order valence-electron chi connectivity index (χ2n) is 9.93. The summed E-state index contributed by atoms with van der Waals surface area (Å²) in [5.41, 5.74) is 0.823. The fourth-order valence-electron chi connectivity index (χ4n) is 4.63. The van der Waals surface area contributed by atoms with Gasteiger partial charge in [0, 0.05) is 11.1 Å². The van der Waals surface area contributed by atoms with Crippen LogP contribution in [0.5, 0.6) is 0 Å². The second kappa shape index (κ2) is 11.0. The summed E-state index contributed by atoms with van der Waals surface area (Å²) in [4.78, 5) is 33.9. The first-order valence-corrected chi connectivity index (χ1v) is 13.2. The highest BCUT2D eigenvalue weighted by Crippen LogP contribution is 2.31. The van der Waals surface area contributed by atoms with E-state index in [-0.39, 0.29) is 67.8 Å². The molecule has 0 N–H and O–H groups in total. The average molecular weight is 610 g/mol. The normalized spacial score (nSPS) is 13.7. The minimum atomic E-state index is -4.57. The molecule has 14 heteroatoms. The molecule has 3 aromatic carbocycles. The van der Waals surface area contributed by atoms with Crippen molar-refractivity contribution in [1.82, 2.24) is 15.0 Å². The Morgan fingerprint density at radius 1 is 0.761 bits per heavy atom. The molecule has 0 fully saturated rings. The van der Waals surface area contributed by atoms with Crippen molar-refractivity contribution in [1.29, 1.82) is 15.8 Å². The van der Waals surface area contributed by atoms with Crippen molar-refractivity contribution in [3.63, 3.8) is 0 Å². The lowest BCUT2D eigenvalue weighted by Gasteiger charge is -2.10. The number of allylic oxidation sites excluding steroid dienone is 2. The molecular weight excluding hydrogens is 595 g/mol. The van der Waals surface area contributed by atoms with Crippen molar-refractivity contribution in [2.45, 2.75) is 20.0 Å². The van der Waals surface area contributed by atoms with Crippen molar-refractivity contribution >= 4 is 5.57 Å². The first-order valence-electron chi connectivity index (χ1n) is 13.2. The van der Waals surface area contributed by atoms with E-state index in [4.69, 9.17) is 6.57 Å². The van der Waals surface area contributed by atoms with Crippen molar-refractivity contribution in [2.75, 3.05) is 0 Å². The van der Waals surface area contributed by atoms with Crippen LogP contribution in [0.2, 0.25) is 0 Å². The van der Waals surface area contributed by atoms with Gasteiger partial charge in [-0.2, -0.15) is 23.7 Å². The number of nitriles is 3. The molecule has 0 bridgehead atoms. The van der Waals surface area contributed by atoms with Crippen molar-refractivity contribution in [3.8, 4) is 41.0 Å². The number of hydrogen-bond acceptors (Lipinski definition) is 10. The van der Waals surface area contributed by atoms with E-state index in [1.54, 1.807) is 6.07 Å². The minimum absolute atomic E-state index is 0.0271. The number of benzene rings is 3. The number of aromatic nitrogens is 3. The van der Waals surface area contributed by atoms with Crippen LogP contribution in [-0.2, 0) is 6.18 Å². The van der Waals surface area contributed by atoms with Gasteiger partial charge in [-0.3, -0.25) is 0 Å². The summed E-state index contributed by atoms with van der Waals surface area (Å²) in [6.07, 6.45) is -4.57. The fourth-order valence-corrected chi connectivity index (χ4v) is 4.63. The third-order valence-electron chi connectivity index (χ3n) is 7.09. The highest BCUT2D eigenvalue weighted by atomic mass is 19.4. The van der Waals surface area contributed by atoms with Crippen LogP contribution >= 0.6 is 0 Å². The summed E-state index contributed by atoms with van der Waals surface area (Å²) >= 11 is 0. The molecule has 0 saturated heterocycles. The van der Waals surface area contributed by atoms with E-state index < -0.39 is 11.7 Å². The smallest absolute Gasteiger partial charge is 0.238 e. The van der Waals surface area contributed by atoms with Gasteiger partial charge < -0.3 is 0 Å². The first kappa shape index (κ1) is 29.2. The van der Waals surface area contributed by atoms with Gasteiger partial charge >= 0.3 is 11.9 Å². The molecule has 2 aliphatic heterocycles. The van der Waals surface area contributed by atoms with Crippen LogP contribution in [0.1, 0.15) is 28.1 Å². The number of aryl methyl sites for hydroxylation is 2. The standard InChI is InChI=1S/C32H14F3N11/c1-15-10-23-24(11-16(15)2)42-29(41-23)21(13-37)30-45-27(17-4-6-18(7-5-17)32(33,34)35)44-28(46-30)19-8-9-22-26(20(19)12-36)43-31(40-22)25(14-38)39-3/h4-11H,1-2H3/b31-25+. The Labute approximate surface area is 257 Å². The summed E-state index contributed by atoms with van der Waals surface area (Å²) < 4.78 is 39.9. The van der Waals surface area contributed by atoms with Gasteiger partial charge in [-0.15, -0.1) is 0 Å². The van der Waals surface area contributed by atoms with E-state index >= 15 is 0 Å². The quantitative estimate of drug-likeness (QED) is 0.254. The van der Waals surface area contributed by atoms with E-state index in [0.717, 1.165) is 23.3 Å². The van der Waals surface area contributed by atoms with Gasteiger partial charge in [0.05, 0.1) is 39.8 Å². The largest absolute Gasteiger partial charge is 0.416 e. The molecule has 0 unspecified atom stereocenters. The summed E-state index contributed by atoms with van der Waals surface area (Å²) in [5.74, 6) is -0.505. The third-order valence-corrected chi connectivity index (χ3v) is 7.09. The Balaban J connectivity index is 1.61. The maximum atomic E-state index is 13.3. The molecule has 0 spiro atoms. The Kier molecular flexibility index (Phi) is 6.97. The van der Waals surface area contributed by atoms with Crippen molar-refractivity contribution in [2.24, 2.45) is 20.0 Å². The van der Waals surface area contributed by atoms with E-state index in [1.807, 2.05) is 38.1 Å². The van der Waals surface area contributed by atoms with E-state index in [0.29, 0.717) is 10.7 Å². The molecule has 4 aromatic rings. The zero-order valence-corrected chi connectivity index (χ0v) is 23.7. The van der Waals surface area contributed by atoms with E-state index in [2.05, 4.69) is 39.8 Å². The highest BCUT2D eigenvalue weighted by molar-refractivity contribution is 5.78. The molecular formula is C32H14F3N11. The van der Waals surface area contributed by atoms with Gasteiger partial charge in [0.25, 0.3) is 0 Å². The predicted octanol–water partition coefficient (Wildman–Crippen LogP) is 3.72. The number of rotatable bonds is 3. The van der Waals surface area contributed by atoms with Gasteiger partial charge in [-0.05, 0) is 61.4 Å².